The Morgan fingerprint density at radius 3 is 3.00 bits per heavy atom. The van der Waals surface area contributed by atoms with Crippen molar-refractivity contribution in [3.63, 3.8) is 0 Å². The third kappa shape index (κ3) is 4.24. The number of rotatable bonds is 7. The number of nitrogens with one attached hydrogen (secondary N) is 1. The van der Waals surface area contributed by atoms with E-state index < -0.39 is 0 Å². The summed E-state index contributed by atoms with van der Waals surface area (Å²) in [4.78, 5) is 2.52. The van der Waals surface area contributed by atoms with Crippen LogP contribution >= 0.6 is 11.8 Å². The normalized spacial score (nSPS) is 22.1. The number of thioether (sulfide) groups is 1. The highest BCUT2D eigenvalue weighted by atomic mass is 32.2. The Kier molecular flexibility index (Phi) is 6.39. The van der Waals surface area contributed by atoms with Crippen molar-refractivity contribution in [2.45, 2.75) is 45.3 Å². The highest BCUT2D eigenvalue weighted by Crippen LogP contribution is 2.19. The van der Waals surface area contributed by atoms with E-state index in [-0.39, 0.29) is 0 Å². The molecule has 2 atom stereocenters. The van der Waals surface area contributed by atoms with E-state index in [1.54, 1.807) is 0 Å². The zero-order valence-corrected chi connectivity index (χ0v) is 13.8. The molecule has 2 unspecified atom stereocenters. The van der Waals surface area contributed by atoms with Gasteiger partial charge in [0.25, 0.3) is 0 Å². The van der Waals surface area contributed by atoms with Gasteiger partial charge in [-0.1, -0.05) is 6.92 Å². The number of hydrogen-bond donors (Lipinski definition) is 1. The molecule has 20 heavy (non-hydrogen) atoms. The molecular formula is C15H28N4S. The molecule has 0 aliphatic carbocycles. The SMILES string of the molecule is CCCNC(Cc1cnn(CC)c1)C1CSCCN1C. The van der Waals surface area contributed by atoms with Crippen molar-refractivity contribution in [3.05, 3.63) is 18.0 Å². The van der Waals surface area contributed by atoms with Crippen molar-refractivity contribution in [2.24, 2.45) is 0 Å². The third-order valence-electron chi connectivity index (χ3n) is 4.03. The number of likely N-dealkylation sites (N-methyl/N-ethyl adjacent to an activating group) is 1. The Balaban J connectivity index is 2.01. The summed E-state index contributed by atoms with van der Waals surface area (Å²) in [5.41, 5.74) is 1.35. The minimum Gasteiger partial charge on any atom is -0.312 e. The molecule has 5 heteroatoms. The standard InChI is InChI=1S/C15H28N4S/c1-4-6-16-14(15-12-20-8-7-18(15)3)9-13-10-17-19(5-2)11-13/h10-11,14-16H,4-9,12H2,1-3H3. The molecule has 1 saturated heterocycles. The molecule has 2 heterocycles. The average molecular weight is 296 g/mol. The number of nitrogens with zero attached hydrogens (tertiary/aromatic N) is 3. The summed E-state index contributed by atoms with van der Waals surface area (Å²) in [6.45, 7) is 7.62. The molecule has 1 aromatic rings. The Morgan fingerprint density at radius 1 is 1.50 bits per heavy atom. The van der Waals surface area contributed by atoms with E-state index in [0.717, 1.165) is 19.5 Å². The maximum atomic E-state index is 4.40. The van der Waals surface area contributed by atoms with Gasteiger partial charge in [-0.3, -0.25) is 4.68 Å². The first kappa shape index (κ1) is 15.9. The molecule has 0 spiro atoms. The van der Waals surface area contributed by atoms with Crippen molar-refractivity contribution in [1.29, 1.82) is 0 Å². The van der Waals surface area contributed by atoms with E-state index in [1.165, 1.54) is 30.0 Å². The molecule has 0 saturated carbocycles. The summed E-state index contributed by atoms with van der Waals surface area (Å²) in [5, 5.41) is 8.16. The fourth-order valence-corrected chi connectivity index (χ4v) is 4.05. The van der Waals surface area contributed by atoms with Gasteiger partial charge in [-0.25, -0.2) is 0 Å². The largest absolute Gasteiger partial charge is 0.312 e. The molecule has 0 bridgehead atoms. The number of aryl methyl sites for hydroxylation is 1. The lowest BCUT2D eigenvalue weighted by Gasteiger charge is -2.38. The highest BCUT2D eigenvalue weighted by Gasteiger charge is 2.27. The van der Waals surface area contributed by atoms with E-state index in [1.807, 2.05) is 10.9 Å². The molecule has 1 fully saturated rings. The van der Waals surface area contributed by atoms with E-state index >= 15 is 0 Å². The zero-order chi connectivity index (χ0) is 14.4. The first-order chi connectivity index (χ1) is 9.74. The second-order valence-electron chi connectivity index (χ2n) is 5.59. The van der Waals surface area contributed by atoms with Crippen molar-refractivity contribution in [3.8, 4) is 0 Å². The molecule has 1 aliphatic heterocycles. The second-order valence-corrected chi connectivity index (χ2v) is 6.74. The first-order valence-electron chi connectivity index (χ1n) is 7.77. The van der Waals surface area contributed by atoms with E-state index in [2.05, 4.69) is 54.2 Å². The molecular weight excluding hydrogens is 268 g/mol. The lowest BCUT2D eigenvalue weighted by Crippen LogP contribution is -2.53. The van der Waals surface area contributed by atoms with Gasteiger partial charge in [-0.05, 0) is 38.9 Å². The highest BCUT2D eigenvalue weighted by molar-refractivity contribution is 7.99. The van der Waals surface area contributed by atoms with Gasteiger partial charge in [0.05, 0.1) is 6.20 Å². The molecule has 0 amide bonds. The summed E-state index contributed by atoms with van der Waals surface area (Å²) >= 11 is 2.09. The van der Waals surface area contributed by atoms with Gasteiger partial charge in [0.2, 0.25) is 0 Å². The molecule has 114 valence electrons. The quantitative estimate of drug-likeness (QED) is 0.832. The molecule has 1 aromatic heterocycles. The van der Waals surface area contributed by atoms with Crippen LogP contribution in [0.4, 0.5) is 0 Å². The summed E-state index contributed by atoms with van der Waals surface area (Å²) in [7, 11) is 2.26. The minimum absolute atomic E-state index is 0.530. The second kappa shape index (κ2) is 8.05. The molecule has 0 aromatic carbocycles. The molecule has 1 aliphatic rings. The maximum Gasteiger partial charge on any atom is 0.0522 e. The van der Waals surface area contributed by atoms with Crippen LogP contribution in [-0.2, 0) is 13.0 Å². The van der Waals surface area contributed by atoms with Crippen LogP contribution in [-0.4, -0.2) is 58.4 Å². The fraction of sp³-hybridized carbons (Fsp3) is 0.800. The van der Waals surface area contributed by atoms with Crippen LogP contribution in [0.25, 0.3) is 0 Å². The lowest BCUT2D eigenvalue weighted by molar-refractivity contribution is 0.213. The van der Waals surface area contributed by atoms with Crippen molar-refractivity contribution in [1.82, 2.24) is 20.0 Å². The average Bonchev–Trinajstić information content (AvgIpc) is 2.92. The van der Waals surface area contributed by atoms with Gasteiger partial charge in [0, 0.05) is 42.9 Å². The zero-order valence-electron chi connectivity index (χ0n) is 13.0. The van der Waals surface area contributed by atoms with Gasteiger partial charge in [-0.15, -0.1) is 0 Å². The van der Waals surface area contributed by atoms with Crippen LogP contribution in [0.3, 0.4) is 0 Å². The molecule has 2 rings (SSSR count). The Bertz CT molecular complexity index is 393. The first-order valence-corrected chi connectivity index (χ1v) is 8.92. The van der Waals surface area contributed by atoms with E-state index in [0.29, 0.717) is 12.1 Å². The maximum absolute atomic E-state index is 4.40. The fourth-order valence-electron chi connectivity index (χ4n) is 2.74. The topological polar surface area (TPSA) is 33.1 Å². The van der Waals surface area contributed by atoms with Gasteiger partial charge in [0.15, 0.2) is 0 Å². The van der Waals surface area contributed by atoms with Crippen LogP contribution in [0.15, 0.2) is 12.4 Å². The van der Waals surface area contributed by atoms with Gasteiger partial charge in [0.1, 0.15) is 0 Å². The summed E-state index contributed by atoms with van der Waals surface area (Å²) in [6, 6.07) is 1.16. The van der Waals surface area contributed by atoms with E-state index in [9.17, 15) is 0 Å². The molecule has 0 radical (unpaired) electrons. The summed E-state index contributed by atoms with van der Waals surface area (Å²) in [6.07, 6.45) is 6.49. The lowest BCUT2D eigenvalue weighted by atomic mass is 10.0. The van der Waals surface area contributed by atoms with E-state index in [4.69, 9.17) is 0 Å². The third-order valence-corrected chi connectivity index (χ3v) is 5.08. The van der Waals surface area contributed by atoms with Crippen molar-refractivity contribution in [2.75, 3.05) is 31.6 Å². The van der Waals surface area contributed by atoms with Crippen LogP contribution in [0.1, 0.15) is 25.8 Å². The minimum atomic E-state index is 0.530. The van der Waals surface area contributed by atoms with Gasteiger partial charge in [-0.2, -0.15) is 16.9 Å². The predicted octanol–water partition coefficient (Wildman–Crippen LogP) is 1.86. The van der Waals surface area contributed by atoms with Crippen LogP contribution in [0, 0.1) is 0 Å². The van der Waals surface area contributed by atoms with Crippen molar-refractivity contribution < 1.29 is 0 Å². The Hall–Kier alpha value is -0.520. The van der Waals surface area contributed by atoms with Crippen molar-refractivity contribution >= 4 is 11.8 Å². The molecule has 4 nitrogen and oxygen atoms in total. The summed E-state index contributed by atoms with van der Waals surface area (Å²) in [5.74, 6) is 2.50. The Morgan fingerprint density at radius 2 is 2.35 bits per heavy atom. The predicted molar refractivity (Wildman–Crippen MR) is 87.4 cm³/mol. The van der Waals surface area contributed by atoms with Crippen LogP contribution in [0.2, 0.25) is 0 Å². The number of hydrogen-bond acceptors (Lipinski definition) is 4. The van der Waals surface area contributed by atoms with Crippen LogP contribution < -0.4 is 5.32 Å². The van der Waals surface area contributed by atoms with Crippen LogP contribution in [0.5, 0.6) is 0 Å². The number of aromatic nitrogens is 2. The summed E-state index contributed by atoms with van der Waals surface area (Å²) < 4.78 is 2.02. The smallest absolute Gasteiger partial charge is 0.0522 e. The van der Waals surface area contributed by atoms with Gasteiger partial charge >= 0.3 is 0 Å². The van der Waals surface area contributed by atoms with Gasteiger partial charge < -0.3 is 10.2 Å². The monoisotopic (exact) mass is 296 g/mol. The Labute approximate surface area is 127 Å². The molecule has 1 N–H and O–H groups in total.